The topological polar surface area (TPSA) is 172 Å². The Balaban J connectivity index is 2.06. The van der Waals surface area contributed by atoms with Gasteiger partial charge in [0.1, 0.15) is 24.4 Å². The fourth-order valence-electron chi connectivity index (χ4n) is 1.76. The summed E-state index contributed by atoms with van der Waals surface area (Å²) in [6.07, 6.45) is -3.13. The normalized spacial score (nSPS) is 16.7. The number of hydrogen-bond donors (Lipinski definition) is 6. The van der Waals surface area contributed by atoms with Crippen LogP contribution in [0.1, 0.15) is 21.2 Å². The Morgan fingerprint density at radius 2 is 1.18 bits per heavy atom. The number of imidazole rings is 2. The molecule has 0 aliphatic rings. The van der Waals surface area contributed by atoms with E-state index in [0.29, 0.717) is 0 Å². The van der Waals surface area contributed by atoms with E-state index in [1.165, 1.54) is 24.8 Å². The molecule has 4 unspecified atom stereocenters. The summed E-state index contributed by atoms with van der Waals surface area (Å²) in [6.45, 7) is 0. The van der Waals surface area contributed by atoms with Gasteiger partial charge in [-0.25, -0.2) is 9.97 Å². The first kappa shape index (κ1) is 16.0. The van der Waals surface area contributed by atoms with Crippen molar-refractivity contribution < 1.29 is 30.0 Å². The minimum atomic E-state index is -2.09. The summed E-state index contributed by atoms with van der Waals surface area (Å²) >= 11 is 0. The first-order valence-corrected chi connectivity index (χ1v) is 6.23. The van der Waals surface area contributed by atoms with Crippen LogP contribution < -0.4 is 0 Å². The lowest BCUT2D eigenvalue weighted by Gasteiger charge is -2.24. The number of aromatic nitrogens is 4. The van der Waals surface area contributed by atoms with Crippen LogP contribution in [-0.2, 0) is 0 Å². The summed E-state index contributed by atoms with van der Waals surface area (Å²) in [5.41, 5.74) is 0. The van der Waals surface area contributed by atoms with E-state index in [4.69, 9.17) is 0 Å². The van der Waals surface area contributed by atoms with Crippen LogP contribution in [0.25, 0.3) is 0 Å². The molecule has 0 saturated carbocycles. The number of Topliss-reactive ketones (excluding diaryl/α,β-unsaturated/α-hetero) is 2. The number of hydrogen-bond acceptors (Lipinski definition) is 8. The molecule has 0 bridgehead atoms. The van der Waals surface area contributed by atoms with E-state index < -0.39 is 36.0 Å². The van der Waals surface area contributed by atoms with Crippen molar-refractivity contribution in [3.05, 3.63) is 36.4 Å². The lowest BCUT2D eigenvalue weighted by Crippen LogP contribution is -2.50. The van der Waals surface area contributed by atoms with E-state index in [-0.39, 0.29) is 11.6 Å². The molecule has 22 heavy (non-hydrogen) atoms. The first-order chi connectivity index (χ1) is 10.4. The third-order valence-electron chi connectivity index (χ3n) is 3.00. The molecule has 0 spiro atoms. The number of rotatable bonds is 7. The van der Waals surface area contributed by atoms with Gasteiger partial charge in [-0.05, 0) is 0 Å². The average Bonchev–Trinajstić information content (AvgIpc) is 3.23. The van der Waals surface area contributed by atoms with E-state index in [9.17, 15) is 30.0 Å². The Morgan fingerprint density at radius 3 is 1.45 bits per heavy atom. The number of nitrogens with zero attached hydrogens (tertiary/aromatic N) is 2. The molecule has 2 aromatic heterocycles. The van der Waals surface area contributed by atoms with Crippen LogP contribution in [0, 0.1) is 0 Å². The number of aliphatic hydroxyl groups is 4. The molecule has 2 aromatic rings. The standard InChI is InChI=1S/C12H14N4O6/c17-5(7(19)9(21)11-13-1-2-14-11)6(18)8(20)10(22)12-15-3-4-16-12/h1-8,17-20H,(H,13,14)(H,15,16). The Bertz CT molecular complexity index is 570. The van der Waals surface area contributed by atoms with Gasteiger partial charge in [0, 0.05) is 24.8 Å². The van der Waals surface area contributed by atoms with Crippen LogP contribution in [0.5, 0.6) is 0 Å². The molecule has 4 atom stereocenters. The SMILES string of the molecule is O=C(c1ncc[nH]1)C(O)C(O)C(O)C(O)C(=O)c1ncc[nH]1. The van der Waals surface area contributed by atoms with Crippen molar-refractivity contribution in [3.8, 4) is 0 Å². The predicted molar refractivity (Wildman–Crippen MR) is 69.9 cm³/mol. The summed E-state index contributed by atoms with van der Waals surface area (Å²) in [6, 6.07) is 0. The maximum absolute atomic E-state index is 11.8. The minimum Gasteiger partial charge on any atom is -0.387 e. The quantitative estimate of drug-likeness (QED) is 0.308. The molecule has 10 heteroatoms. The predicted octanol–water partition coefficient (Wildman–Crippen LogP) is -2.36. The van der Waals surface area contributed by atoms with E-state index in [1.54, 1.807) is 0 Å². The number of H-pyrrole nitrogens is 2. The summed E-state index contributed by atoms with van der Waals surface area (Å²) in [4.78, 5) is 35.6. The van der Waals surface area contributed by atoms with Crippen molar-refractivity contribution in [2.75, 3.05) is 0 Å². The highest BCUT2D eigenvalue weighted by Gasteiger charge is 2.39. The summed E-state index contributed by atoms with van der Waals surface area (Å²) in [5.74, 6) is -2.44. The van der Waals surface area contributed by atoms with Gasteiger partial charge in [-0.3, -0.25) is 9.59 Å². The number of nitrogens with one attached hydrogen (secondary N) is 2. The first-order valence-electron chi connectivity index (χ1n) is 6.23. The fraction of sp³-hybridized carbons (Fsp3) is 0.333. The molecule has 0 saturated heterocycles. The minimum absolute atomic E-state index is 0.231. The molecule has 2 rings (SSSR count). The summed E-state index contributed by atoms with van der Waals surface area (Å²) in [7, 11) is 0. The number of ketones is 2. The van der Waals surface area contributed by atoms with Crippen LogP contribution in [-0.4, -0.2) is 76.3 Å². The third kappa shape index (κ3) is 3.09. The zero-order chi connectivity index (χ0) is 16.3. The average molecular weight is 310 g/mol. The Morgan fingerprint density at radius 1 is 0.818 bits per heavy atom. The van der Waals surface area contributed by atoms with Crippen molar-refractivity contribution in [3.63, 3.8) is 0 Å². The lowest BCUT2D eigenvalue weighted by atomic mass is 9.97. The van der Waals surface area contributed by atoms with Crippen LogP contribution >= 0.6 is 0 Å². The molecular formula is C12H14N4O6. The molecular weight excluding hydrogens is 296 g/mol. The zero-order valence-electron chi connectivity index (χ0n) is 11.1. The van der Waals surface area contributed by atoms with Crippen molar-refractivity contribution in [2.24, 2.45) is 0 Å². The highest BCUT2D eigenvalue weighted by molar-refractivity contribution is 5.98. The van der Waals surface area contributed by atoms with Crippen molar-refractivity contribution in [2.45, 2.75) is 24.4 Å². The van der Waals surface area contributed by atoms with Crippen molar-refractivity contribution in [1.82, 2.24) is 19.9 Å². The second-order valence-corrected chi connectivity index (χ2v) is 4.47. The van der Waals surface area contributed by atoms with Gasteiger partial charge < -0.3 is 30.4 Å². The number of carbonyl (C=O) groups excluding carboxylic acids is 2. The molecule has 6 N–H and O–H groups in total. The van der Waals surface area contributed by atoms with Crippen molar-refractivity contribution in [1.29, 1.82) is 0 Å². The second kappa shape index (κ2) is 6.58. The van der Waals surface area contributed by atoms with Crippen LogP contribution in [0.4, 0.5) is 0 Å². The molecule has 0 radical (unpaired) electrons. The van der Waals surface area contributed by atoms with Gasteiger partial charge in [0.05, 0.1) is 0 Å². The molecule has 2 heterocycles. The van der Waals surface area contributed by atoms with E-state index in [0.717, 1.165) is 0 Å². The maximum atomic E-state index is 11.8. The molecule has 10 nitrogen and oxygen atoms in total. The van der Waals surface area contributed by atoms with Gasteiger partial charge in [-0.15, -0.1) is 0 Å². The molecule has 118 valence electrons. The van der Waals surface area contributed by atoms with Gasteiger partial charge >= 0.3 is 0 Å². The van der Waals surface area contributed by atoms with E-state index in [2.05, 4.69) is 19.9 Å². The highest BCUT2D eigenvalue weighted by atomic mass is 16.4. The number of aliphatic hydroxyl groups excluding tert-OH is 4. The third-order valence-corrected chi connectivity index (χ3v) is 3.00. The largest absolute Gasteiger partial charge is 0.387 e. The van der Waals surface area contributed by atoms with E-state index >= 15 is 0 Å². The zero-order valence-corrected chi connectivity index (χ0v) is 11.1. The Hall–Kier alpha value is -2.40. The number of aromatic amines is 2. The Kier molecular flexibility index (Phi) is 4.78. The van der Waals surface area contributed by atoms with Gasteiger partial charge in [-0.1, -0.05) is 0 Å². The Labute approximate surface area is 123 Å². The van der Waals surface area contributed by atoms with Crippen LogP contribution in [0.3, 0.4) is 0 Å². The lowest BCUT2D eigenvalue weighted by molar-refractivity contribution is -0.0845. The fourth-order valence-corrected chi connectivity index (χ4v) is 1.76. The van der Waals surface area contributed by atoms with Gasteiger partial charge in [0.2, 0.25) is 11.6 Å². The monoisotopic (exact) mass is 310 g/mol. The van der Waals surface area contributed by atoms with Gasteiger partial charge in [0.15, 0.2) is 11.6 Å². The van der Waals surface area contributed by atoms with Crippen LogP contribution in [0.15, 0.2) is 24.8 Å². The summed E-state index contributed by atoms with van der Waals surface area (Å²) < 4.78 is 0. The molecule has 0 aliphatic heterocycles. The van der Waals surface area contributed by atoms with Gasteiger partial charge in [0.25, 0.3) is 0 Å². The molecule has 0 aliphatic carbocycles. The van der Waals surface area contributed by atoms with Gasteiger partial charge in [-0.2, -0.15) is 0 Å². The maximum Gasteiger partial charge on any atom is 0.229 e. The smallest absolute Gasteiger partial charge is 0.229 e. The molecule has 0 amide bonds. The molecule has 0 fully saturated rings. The van der Waals surface area contributed by atoms with Crippen molar-refractivity contribution >= 4 is 11.6 Å². The molecule has 0 aromatic carbocycles. The summed E-state index contributed by atoms with van der Waals surface area (Å²) in [5, 5.41) is 39.0. The highest BCUT2D eigenvalue weighted by Crippen LogP contribution is 2.11. The number of carbonyl (C=O) groups is 2. The second-order valence-electron chi connectivity index (χ2n) is 4.47. The van der Waals surface area contributed by atoms with Crippen LogP contribution in [0.2, 0.25) is 0 Å². The van der Waals surface area contributed by atoms with E-state index in [1.807, 2.05) is 0 Å².